The van der Waals surface area contributed by atoms with Gasteiger partial charge < -0.3 is 4.57 Å². The number of rotatable bonds is 2. The number of benzene rings is 2. The van der Waals surface area contributed by atoms with E-state index >= 15 is 0 Å². The van der Waals surface area contributed by atoms with Gasteiger partial charge in [0, 0.05) is 16.1 Å². The number of nitrogens with zero attached hydrogens (tertiary/aromatic N) is 1. The van der Waals surface area contributed by atoms with Crippen LogP contribution in [0.15, 0.2) is 48.5 Å². The summed E-state index contributed by atoms with van der Waals surface area (Å²) in [5.41, 5.74) is 2.43. The summed E-state index contributed by atoms with van der Waals surface area (Å²) in [5, 5.41) is 3.32. The Bertz CT molecular complexity index is 662. The molecule has 0 aliphatic carbocycles. The van der Waals surface area contributed by atoms with Crippen molar-refractivity contribution in [3.8, 4) is 0 Å². The maximum absolute atomic E-state index is 3.74. The maximum atomic E-state index is 3.74. The number of aromatic nitrogens is 1. The second-order valence-corrected chi connectivity index (χ2v) is 8.42. The van der Waals surface area contributed by atoms with Crippen molar-refractivity contribution in [3.63, 3.8) is 0 Å². The Morgan fingerprint density at radius 3 is 1.72 bits per heavy atom. The Morgan fingerprint density at radius 2 is 1.28 bits per heavy atom. The van der Waals surface area contributed by atoms with Gasteiger partial charge in [-0.25, -0.2) is 0 Å². The zero-order valence-corrected chi connectivity index (χ0v) is 14.2. The smallest absolute Gasteiger partial charge is 0.165 e. The van der Waals surface area contributed by atoms with E-state index in [1.807, 2.05) is 0 Å². The number of hydrogen-bond donors (Lipinski definition) is 0. The highest BCUT2D eigenvalue weighted by Crippen LogP contribution is 2.42. The van der Waals surface area contributed by atoms with Crippen LogP contribution in [0.2, 0.25) is 0 Å². The predicted octanol–water partition coefficient (Wildman–Crippen LogP) is 5.59. The van der Waals surface area contributed by atoms with Gasteiger partial charge in [-0.1, -0.05) is 52.3 Å². The van der Waals surface area contributed by atoms with Crippen molar-refractivity contribution in [2.45, 2.75) is 3.36 Å². The number of halogens is 3. The van der Waals surface area contributed by atoms with Crippen LogP contribution in [0.3, 0.4) is 0 Å². The summed E-state index contributed by atoms with van der Waals surface area (Å²) in [6.45, 7) is 0. The molecular weight excluding hydrogens is 422 g/mol. The van der Waals surface area contributed by atoms with Gasteiger partial charge in [0.05, 0.1) is 11.0 Å². The van der Waals surface area contributed by atoms with Gasteiger partial charge in [-0.05, 0) is 44.0 Å². The Hall–Kier alpha value is -0.320. The molecule has 0 radical (unpaired) electrons. The van der Waals surface area contributed by atoms with Gasteiger partial charge in [0.25, 0.3) is 0 Å². The third-order valence-electron chi connectivity index (χ3n) is 3.07. The van der Waals surface area contributed by atoms with E-state index in [9.17, 15) is 0 Å². The normalized spacial score (nSPS) is 12.4. The lowest BCUT2D eigenvalue weighted by Gasteiger charge is -2.22. The van der Waals surface area contributed by atoms with Gasteiger partial charge in [-0.2, -0.15) is 0 Å². The molecule has 0 saturated heterocycles. The summed E-state index contributed by atoms with van der Waals surface area (Å²) in [7, 11) is 0. The Morgan fingerprint density at radius 1 is 0.833 bits per heavy atom. The van der Waals surface area contributed by atoms with Crippen molar-refractivity contribution in [1.82, 2.24) is 4.57 Å². The molecule has 92 valence electrons. The summed E-state index contributed by atoms with van der Waals surface area (Å²) in [5.74, 6) is 0. The molecule has 0 unspecified atom stereocenters. The van der Waals surface area contributed by atoms with Gasteiger partial charge in [-0.15, -0.1) is 0 Å². The third-order valence-corrected chi connectivity index (χ3v) is 6.65. The van der Waals surface area contributed by atoms with Crippen LogP contribution < -0.4 is 0 Å². The van der Waals surface area contributed by atoms with Gasteiger partial charge in [-0.3, -0.25) is 0 Å². The minimum absolute atomic E-state index is 0.317. The van der Waals surface area contributed by atoms with Crippen molar-refractivity contribution in [3.05, 3.63) is 48.5 Å². The topological polar surface area (TPSA) is 4.93 Å². The average molecular weight is 432 g/mol. The largest absolute Gasteiger partial charge is 0.314 e. The zero-order valence-electron chi connectivity index (χ0n) is 9.41. The highest BCUT2D eigenvalue weighted by molar-refractivity contribution is 9.25. The first-order valence-corrected chi connectivity index (χ1v) is 8.28. The summed E-state index contributed by atoms with van der Waals surface area (Å²) >= 11 is 11.0. The van der Waals surface area contributed by atoms with Gasteiger partial charge in [0.1, 0.15) is 0 Å². The fraction of sp³-hybridized carbons (Fsp3) is 0.143. The molecule has 0 fully saturated rings. The Kier molecular flexibility index (Phi) is 3.28. The minimum Gasteiger partial charge on any atom is -0.314 e. The highest BCUT2D eigenvalue weighted by Gasteiger charge is 2.27. The van der Waals surface area contributed by atoms with Gasteiger partial charge in [0.15, 0.2) is 3.36 Å². The van der Waals surface area contributed by atoms with Crippen LogP contribution in [0, 0.1) is 0 Å². The van der Waals surface area contributed by atoms with Gasteiger partial charge >= 0.3 is 0 Å². The van der Waals surface area contributed by atoms with E-state index in [1.54, 1.807) is 0 Å². The number of hydrogen-bond acceptors (Lipinski definition) is 0. The number of para-hydroxylation sites is 2. The predicted molar refractivity (Wildman–Crippen MR) is 89.1 cm³/mol. The molecule has 0 bridgehead atoms. The van der Waals surface area contributed by atoms with Crippen LogP contribution in [0.5, 0.6) is 0 Å². The molecule has 0 saturated carbocycles. The molecule has 2 aromatic carbocycles. The van der Waals surface area contributed by atoms with Gasteiger partial charge in [0.2, 0.25) is 0 Å². The Balaban J connectivity index is 2.53. The van der Waals surface area contributed by atoms with E-state index in [-0.39, 0.29) is 3.36 Å². The molecule has 1 heterocycles. The lowest BCUT2D eigenvalue weighted by Crippen LogP contribution is -2.20. The second-order valence-electron chi connectivity index (χ2n) is 4.17. The minimum atomic E-state index is -0.317. The van der Waals surface area contributed by atoms with Crippen LogP contribution >= 0.6 is 47.8 Å². The molecule has 3 rings (SSSR count). The fourth-order valence-corrected chi connectivity index (χ4v) is 3.35. The van der Waals surface area contributed by atoms with Crippen molar-refractivity contribution >= 4 is 69.6 Å². The molecule has 4 heteroatoms. The van der Waals surface area contributed by atoms with Crippen LogP contribution in [0.1, 0.15) is 0 Å². The van der Waals surface area contributed by atoms with E-state index in [4.69, 9.17) is 0 Å². The summed E-state index contributed by atoms with van der Waals surface area (Å²) in [6.07, 6.45) is 0. The first-order valence-electron chi connectivity index (χ1n) is 5.57. The Labute approximate surface area is 131 Å². The number of fused-ring (bicyclic) bond motifs is 3. The fourth-order valence-electron chi connectivity index (χ4n) is 2.33. The number of alkyl halides is 3. The van der Waals surface area contributed by atoms with E-state index in [0.717, 1.165) is 5.33 Å². The van der Waals surface area contributed by atoms with Crippen LogP contribution in [-0.2, 0) is 3.36 Å². The van der Waals surface area contributed by atoms with E-state index in [0.29, 0.717) is 0 Å². The summed E-state index contributed by atoms with van der Waals surface area (Å²) in [6, 6.07) is 16.9. The van der Waals surface area contributed by atoms with Crippen LogP contribution in [0.4, 0.5) is 0 Å². The molecule has 0 spiro atoms. The molecule has 1 aromatic heterocycles. The standard InChI is InChI=1S/C14H10Br3N/c15-9-14(16,17)18-12-7-3-1-5-10(12)11-6-2-4-8-13(11)18/h1-8H,9H2. The SMILES string of the molecule is BrCC(Br)(Br)n1c2ccccc2c2ccccc21. The van der Waals surface area contributed by atoms with Crippen molar-refractivity contribution in [2.24, 2.45) is 0 Å². The quantitative estimate of drug-likeness (QED) is 0.466. The zero-order chi connectivity index (χ0) is 12.8. The molecule has 0 N–H and O–H groups in total. The summed E-state index contributed by atoms with van der Waals surface area (Å²) < 4.78 is 1.95. The summed E-state index contributed by atoms with van der Waals surface area (Å²) in [4.78, 5) is 0. The van der Waals surface area contributed by atoms with Crippen molar-refractivity contribution in [1.29, 1.82) is 0 Å². The molecule has 18 heavy (non-hydrogen) atoms. The van der Waals surface area contributed by atoms with Crippen molar-refractivity contribution < 1.29 is 0 Å². The van der Waals surface area contributed by atoms with E-state index < -0.39 is 0 Å². The molecule has 3 aromatic rings. The van der Waals surface area contributed by atoms with E-state index in [1.165, 1.54) is 21.8 Å². The first-order chi connectivity index (χ1) is 8.65. The molecule has 0 atom stereocenters. The molecule has 1 nitrogen and oxygen atoms in total. The first kappa shape index (κ1) is 12.7. The molecular formula is C14H10Br3N. The highest BCUT2D eigenvalue weighted by atomic mass is 79.9. The maximum Gasteiger partial charge on any atom is 0.165 e. The third kappa shape index (κ3) is 1.86. The second kappa shape index (κ2) is 4.66. The molecule has 0 aliphatic heterocycles. The lowest BCUT2D eigenvalue weighted by molar-refractivity contribution is 0.782. The van der Waals surface area contributed by atoms with E-state index in [2.05, 4.69) is 101 Å². The molecule has 0 aliphatic rings. The van der Waals surface area contributed by atoms with Crippen LogP contribution in [0.25, 0.3) is 21.8 Å². The van der Waals surface area contributed by atoms with Crippen LogP contribution in [-0.4, -0.2) is 9.90 Å². The average Bonchev–Trinajstić information content (AvgIpc) is 2.74. The monoisotopic (exact) mass is 429 g/mol. The molecule has 0 amide bonds. The van der Waals surface area contributed by atoms with Crippen molar-refractivity contribution in [2.75, 3.05) is 5.33 Å². The lowest BCUT2D eigenvalue weighted by atomic mass is 10.2.